The summed E-state index contributed by atoms with van der Waals surface area (Å²) in [6, 6.07) is 2.98. The zero-order valence-electron chi connectivity index (χ0n) is 18.3. The van der Waals surface area contributed by atoms with E-state index >= 15 is 0 Å². The Kier molecular flexibility index (Phi) is 7.49. The lowest BCUT2D eigenvalue weighted by Gasteiger charge is -2.39. The minimum atomic E-state index is -0.537. The van der Waals surface area contributed by atoms with E-state index in [2.05, 4.69) is 10.2 Å². The minimum Gasteiger partial charge on any atom is -0.465 e. The van der Waals surface area contributed by atoms with Crippen LogP contribution in [0.1, 0.15) is 69.3 Å². The molecule has 1 N–H and O–H groups in total. The van der Waals surface area contributed by atoms with Crippen molar-refractivity contribution in [1.29, 1.82) is 0 Å². The topological polar surface area (TPSA) is 67.9 Å². The van der Waals surface area contributed by atoms with E-state index in [-0.39, 0.29) is 17.6 Å². The molecule has 0 radical (unpaired) electrons. The van der Waals surface area contributed by atoms with Gasteiger partial charge in [-0.1, -0.05) is 0 Å². The summed E-state index contributed by atoms with van der Waals surface area (Å²) in [5.41, 5.74) is 1.17. The third-order valence-electron chi connectivity index (χ3n) is 5.26. The number of alkyl carbamates (subject to hydrolysis) is 1. The van der Waals surface area contributed by atoms with E-state index in [9.17, 15) is 14.0 Å². The summed E-state index contributed by atoms with van der Waals surface area (Å²) in [6.07, 6.45) is 2.96. The summed E-state index contributed by atoms with van der Waals surface area (Å²) in [4.78, 5) is 26.2. The summed E-state index contributed by atoms with van der Waals surface area (Å²) in [7, 11) is 1.29. The van der Waals surface area contributed by atoms with E-state index < -0.39 is 23.5 Å². The third-order valence-corrected chi connectivity index (χ3v) is 5.26. The van der Waals surface area contributed by atoms with Crippen LogP contribution in [0, 0.1) is 12.7 Å². The number of nitrogens with zero attached hydrogens (tertiary/aromatic N) is 1. The molecule has 0 bridgehead atoms. The van der Waals surface area contributed by atoms with E-state index in [0.29, 0.717) is 12.1 Å². The molecule has 2 rings (SSSR count). The van der Waals surface area contributed by atoms with Gasteiger partial charge in [0.15, 0.2) is 0 Å². The van der Waals surface area contributed by atoms with Crippen LogP contribution < -0.4 is 10.2 Å². The van der Waals surface area contributed by atoms with E-state index in [4.69, 9.17) is 9.47 Å². The summed E-state index contributed by atoms with van der Waals surface area (Å²) < 4.78 is 24.3. The fraction of sp³-hybridized carbons (Fsp3) is 0.636. The second-order valence-electron chi connectivity index (χ2n) is 8.53. The van der Waals surface area contributed by atoms with Crippen LogP contribution in [0.4, 0.5) is 14.9 Å². The van der Waals surface area contributed by atoms with E-state index in [1.54, 1.807) is 0 Å². The van der Waals surface area contributed by atoms with Crippen molar-refractivity contribution in [2.45, 2.75) is 78.0 Å². The first-order chi connectivity index (χ1) is 13.6. The Balaban J connectivity index is 2.09. The molecular weight excluding hydrogens is 375 g/mol. The van der Waals surface area contributed by atoms with Crippen LogP contribution in [-0.4, -0.2) is 43.4 Å². The van der Waals surface area contributed by atoms with E-state index in [1.165, 1.54) is 19.2 Å². The Hall–Kier alpha value is -2.31. The van der Waals surface area contributed by atoms with Gasteiger partial charge in [0.25, 0.3) is 0 Å². The molecule has 0 saturated heterocycles. The molecule has 1 aromatic rings. The van der Waals surface area contributed by atoms with Gasteiger partial charge in [-0.15, -0.1) is 0 Å². The molecule has 0 aliphatic heterocycles. The molecule has 1 aliphatic carbocycles. The highest BCUT2D eigenvalue weighted by Gasteiger charge is 2.29. The van der Waals surface area contributed by atoms with E-state index in [0.717, 1.165) is 31.4 Å². The molecule has 0 atom stereocenters. The predicted molar refractivity (Wildman–Crippen MR) is 111 cm³/mol. The standard InChI is InChI=1S/C22H33FN2O4/c1-7-25(19-13-15(23)12-18(14(19)2)20(26)28-6)17-10-8-16(9-11-17)24-21(27)29-22(3,4)5/h12-13,16-17H,7-11H2,1-6H3,(H,24,27)/t16-,17-. The van der Waals surface area contributed by atoms with Crippen molar-refractivity contribution in [3.05, 3.63) is 29.1 Å². The van der Waals surface area contributed by atoms with Gasteiger partial charge in [-0.05, 0) is 78.0 Å². The van der Waals surface area contributed by atoms with Crippen molar-refractivity contribution < 1.29 is 23.5 Å². The lowest BCUT2D eigenvalue weighted by atomic mass is 9.89. The normalized spacial score (nSPS) is 19.4. The molecule has 29 heavy (non-hydrogen) atoms. The second-order valence-corrected chi connectivity index (χ2v) is 8.53. The molecule has 162 valence electrons. The smallest absolute Gasteiger partial charge is 0.407 e. The van der Waals surface area contributed by atoms with Crippen molar-refractivity contribution in [2.75, 3.05) is 18.6 Å². The van der Waals surface area contributed by atoms with Gasteiger partial charge in [0.2, 0.25) is 0 Å². The first-order valence-corrected chi connectivity index (χ1v) is 10.2. The Labute approximate surface area is 172 Å². The van der Waals surface area contributed by atoms with Crippen molar-refractivity contribution in [1.82, 2.24) is 5.32 Å². The van der Waals surface area contributed by atoms with Gasteiger partial charge in [-0.25, -0.2) is 14.0 Å². The van der Waals surface area contributed by atoms with Gasteiger partial charge < -0.3 is 19.7 Å². The number of amides is 1. The Morgan fingerprint density at radius 2 is 1.83 bits per heavy atom. The molecule has 1 fully saturated rings. The van der Waals surface area contributed by atoms with Crippen molar-refractivity contribution in [2.24, 2.45) is 0 Å². The number of anilines is 1. The molecule has 7 heteroatoms. The zero-order valence-corrected chi connectivity index (χ0v) is 18.3. The van der Waals surface area contributed by atoms with Crippen LogP contribution in [-0.2, 0) is 9.47 Å². The molecule has 1 amide bonds. The number of hydrogen-bond donors (Lipinski definition) is 1. The summed E-state index contributed by atoms with van der Waals surface area (Å²) in [6.45, 7) is 10.1. The third kappa shape index (κ3) is 6.08. The number of rotatable bonds is 5. The lowest BCUT2D eigenvalue weighted by molar-refractivity contribution is 0.0490. The van der Waals surface area contributed by atoms with Crippen LogP contribution in [0.3, 0.4) is 0 Å². The van der Waals surface area contributed by atoms with Crippen LogP contribution >= 0.6 is 0 Å². The molecule has 1 aliphatic rings. The maximum atomic E-state index is 14.2. The van der Waals surface area contributed by atoms with Crippen LogP contribution in [0.5, 0.6) is 0 Å². The monoisotopic (exact) mass is 408 g/mol. The summed E-state index contributed by atoms with van der Waals surface area (Å²) in [5, 5.41) is 2.94. The SMILES string of the molecule is CCN(c1cc(F)cc(C(=O)OC)c1C)[C@H]1CC[C@H](NC(=O)OC(C)(C)C)CC1. The average Bonchev–Trinajstić information content (AvgIpc) is 2.63. The molecular formula is C22H33FN2O4. The number of nitrogens with one attached hydrogen (secondary N) is 1. The molecule has 0 unspecified atom stereocenters. The van der Waals surface area contributed by atoms with Crippen molar-refractivity contribution in [3.8, 4) is 0 Å². The zero-order chi connectivity index (χ0) is 21.8. The number of halogens is 1. The Bertz CT molecular complexity index is 737. The average molecular weight is 409 g/mol. The van der Waals surface area contributed by atoms with Crippen LogP contribution in [0.2, 0.25) is 0 Å². The molecule has 1 saturated carbocycles. The highest BCUT2D eigenvalue weighted by Crippen LogP contribution is 2.32. The van der Waals surface area contributed by atoms with Crippen molar-refractivity contribution >= 4 is 17.7 Å². The number of benzene rings is 1. The van der Waals surface area contributed by atoms with Crippen molar-refractivity contribution in [3.63, 3.8) is 0 Å². The maximum absolute atomic E-state index is 14.2. The summed E-state index contributed by atoms with van der Waals surface area (Å²) in [5.74, 6) is -0.991. The number of esters is 1. The van der Waals surface area contributed by atoms with Gasteiger partial charge in [-0.2, -0.15) is 0 Å². The number of methoxy groups -OCH3 is 1. The second kappa shape index (κ2) is 9.46. The number of carbonyl (C=O) groups excluding carboxylic acids is 2. The van der Waals surface area contributed by atoms with Gasteiger partial charge in [-0.3, -0.25) is 0 Å². The van der Waals surface area contributed by atoms with Gasteiger partial charge in [0.1, 0.15) is 11.4 Å². The van der Waals surface area contributed by atoms with E-state index in [1.807, 2.05) is 34.6 Å². The fourth-order valence-corrected chi connectivity index (χ4v) is 3.92. The molecule has 0 aromatic heterocycles. The predicted octanol–water partition coefficient (Wildman–Crippen LogP) is 4.58. The summed E-state index contributed by atoms with van der Waals surface area (Å²) >= 11 is 0. The number of hydrogen-bond acceptors (Lipinski definition) is 5. The fourth-order valence-electron chi connectivity index (χ4n) is 3.92. The first-order valence-electron chi connectivity index (χ1n) is 10.2. The molecule has 6 nitrogen and oxygen atoms in total. The number of ether oxygens (including phenoxy) is 2. The lowest BCUT2D eigenvalue weighted by Crippen LogP contribution is -2.45. The number of carbonyl (C=O) groups is 2. The van der Waals surface area contributed by atoms with Gasteiger partial charge >= 0.3 is 12.1 Å². The Morgan fingerprint density at radius 1 is 1.21 bits per heavy atom. The minimum absolute atomic E-state index is 0.0686. The van der Waals surface area contributed by atoms with Gasteiger partial charge in [0.05, 0.1) is 12.7 Å². The molecule has 1 aromatic carbocycles. The first kappa shape index (κ1) is 23.0. The Morgan fingerprint density at radius 3 is 2.34 bits per heavy atom. The molecule has 0 heterocycles. The quantitative estimate of drug-likeness (QED) is 0.722. The highest BCUT2D eigenvalue weighted by atomic mass is 19.1. The van der Waals surface area contributed by atoms with Crippen LogP contribution in [0.25, 0.3) is 0 Å². The highest BCUT2D eigenvalue weighted by molar-refractivity contribution is 5.92. The van der Waals surface area contributed by atoms with Gasteiger partial charge in [0, 0.05) is 24.3 Å². The molecule has 0 spiro atoms. The maximum Gasteiger partial charge on any atom is 0.407 e. The van der Waals surface area contributed by atoms with Crippen LogP contribution in [0.15, 0.2) is 12.1 Å². The largest absolute Gasteiger partial charge is 0.465 e.